The summed E-state index contributed by atoms with van der Waals surface area (Å²) in [6.45, 7) is 3.61. The van der Waals surface area contributed by atoms with Crippen LogP contribution in [0.4, 0.5) is 17.5 Å². The quantitative estimate of drug-likeness (QED) is 0.418. The van der Waals surface area contributed by atoms with Crippen molar-refractivity contribution >= 4 is 44.3 Å². The lowest BCUT2D eigenvalue weighted by molar-refractivity contribution is 0.0600. The van der Waals surface area contributed by atoms with Gasteiger partial charge in [0.15, 0.2) is 5.82 Å². The first-order valence-corrected chi connectivity index (χ1v) is 13.3. The van der Waals surface area contributed by atoms with Crippen molar-refractivity contribution in [1.82, 2.24) is 24.5 Å². The zero-order valence-corrected chi connectivity index (χ0v) is 20.7. The van der Waals surface area contributed by atoms with E-state index in [4.69, 9.17) is 9.72 Å². The van der Waals surface area contributed by atoms with Gasteiger partial charge in [0.05, 0.1) is 23.9 Å². The summed E-state index contributed by atoms with van der Waals surface area (Å²) in [5.74, 6) is 1.40. The Balaban J connectivity index is 1.48. The number of esters is 1. The Hall–Kier alpha value is -3.25. The summed E-state index contributed by atoms with van der Waals surface area (Å²) in [6, 6.07) is 5.40. The number of nitrogens with one attached hydrogen (secondary N) is 3. The molecule has 0 saturated carbocycles. The number of ether oxygens (including phenoxy) is 1. The highest BCUT2D eigenvalue weighted by Gasteiger charge is 2.46. The lowest BCUT2D eigenvalue weighted by Crippen LogP contribution is -2.50. The average Bonchev–Trinajstić information content (AvgIpc) is 3.38. The van der Waals surface area contributed by atoms with Gasteiger partial charge >= 0.3 is 5.97 Å². The molecule has 1 unspecified atom stereocenters. The van der Waals surface area contributed by atoms with E-state index in [0.717, 1.165) is 18.5 Å². The van der Waals surface area contributed by atoms with Gasteiger partial charge < -0.3 is 15.4 Å². The highest BCUT2D eigenvalue weighted by Crippen LogP contribution is 2.39. The molecule has 0 amide bonds. The van der Waals surface area contributed by atoms with Gasteiger partial charge in [0.1, 0.15) is 11.6 Å². The van der Waals surface area contributed by atoms with E-state index in [-0.39, 0.29) is 23.9 Å². The van der Waals surface area contributed by atoms with E-state index >= 15 is 0 Å². The molecule has 35 heavy (non-hydrogen) atoms. The van der Waals surface area contributed by atoms with Crippen molar-refractivity contribution in [2.75, 3.05) is 23.5 Å². The number of piperidine rings is 1. The molecule has 2 aliphatic rings. The number of aromatic nitrogens is 4. The fourth-order valence-electron chi connectivity index (χ4n) is 5.19. The maximum atomic E-state index is 12.6. The molecule has 0 aromatic carbocycles. The topological polar surface area (TPSA) is 142 Å². The Labute approximate surface area is 203 Å². The van der Waals surface area contributed by atoms with Crippen molar-refractivity contribution in [2.45, 2.75) is 57.7 Å². The molecule has 3 N–H and O–H groups in total. The Kier molecular flexibility index (Phi) is 6.09. The van der Waals surface area contributed by atoms with Gasteiger partial charge in [0.25, 0.3) is 0 Å². The van der Waals surface area contributed by atoms with Crippen LogP contribution in [-0.4, -0.2) is 69.8 Å². The third kappa shape index (κ3) is 4.55. The van der Waals surface area contributed by atoms with Crippen LogP contribution in [0.25, 0.3) is 10.9 Å². The van der Waals surface area contributed by atoms with E-state index in [1.54, 1.807) is 23.4 Å². The standard InChI is InChI=1S/C23H29N7O4S/c1-4-35(32,33)30-16-5-6-17(30)10-15(9-16)25-22-18-8-14(23(31)34-3)12-24-19(18)11-20(27-22)26-21-7-13(2)28-29-21/h7-8,11-12,15-17H,4-6,9-10H2,1-3H3,(H3,25,26,27,28,29)/t15?,16-,17+. The average molecular weight is 500 g/mol. The number of H-pyrrole nitrogens is 1. The fraction of sp³-hybridized carbons (Fsp3) is 0.478. The number of aromatic amines is 1. The minimum atomic E-state index is -3.24. The molecule has 2 aliphatic heterocycles. The van der Waals surface area contributed by atoms with E-state index in [9.17, 15) is 13.2 Å². The van der Waals surface area contributed by atoms with Gasteiger partial charge in [-0.1, -0.05) is 0 Å². The van der Waals surface area contributed by atoms with E-state index in [1.165, 1.54) is 13.3 Å². The molecule has 2 saturated heterocycles. The number of carbonyl (C=O) groups excluding carboxylic acids is 1. The number of aryl methyl sites for hydroxylation is 1. The molecule has 2 bridgehead atoms. The summed E-state index contributed by atoms with van der Waals surface area (Å²) in [6.07, 6.45) is 4.60. The Morgan fingerprint density at radius 1 is 1.20 bits per heavy atom. The van der Waals surface area contributed by atoms with Crippen LogP contribution in [-0.2, 0) is 14.8 Å². The summed E-state index contributed by atoms with van der Waals surface area (Å²) in [7, 11) is -1.91. The molecule has 3 atom stereocenters. The zero-order valence-electron chi connectivity index (χ0n) is 19.9. The van der Waals surface area contributed by atoms with Crippen molar-refractivity contribution in [3.8, 4) is 0 Å². The monoisotopic (exact) mass is 499 g/mol. The molecule has 3 aromatic rings. The summed E-state index contributed by atoms with van der Waals surface area (Å²) in [5.41, 5.74) is 1.90. The van der Waals surface area contributed by atoms with Crippen molar-refractivity contribution in [3.63, 3.8) is 0 Å². The van der Waals surface area contributed by atoms with E-state index in [2.05, 4.69) is 25.8 Å². The summed E-state index contributed by atoms with van der Waals surface area (Å²) in [4.78, 5) is 21.4. The maximum Gasteiger partial charge on any atom is 0.339 e. The van der Waals surface area contributed by atoms with Gasteiger partial charge in [0.2, 0.25) is 10.0 Å². The number of sulfonamides is 1. The minimum absolute atomic E-state index is 0.0143. The number of fused-ring (bicyclic) bond motifs is 3. The van der Waals surface area contributed by atoms with E-state index in [1.807, 2.05) is 13.0 Å². The van der Waals surface area contributed by atoms with Crippen LogP contribution in [0.1, 0.15) is 48.7 Å². The molecule has 0 spiro atoms. The number of nitrogens with zero attached hydrogens (tertiary/aromatic N) is 4. The highest BCUT2D eigenvalue weighted by atomic mass is 32.2. The van der Waals surface area contributed by atoms with Gasteiger partial charge in [-0.05, 0) is 45.6 Å². The fourth-order valence-corrected chi connectivity index (χ4v) is 6.78. The van der Waals surface area contributed by atoms with E-state index < -0.39 is 16.0 Å². The molecular formula is C23H29N7O4S. The number of hydrogen-bond acceptors (Lipinski definition) is 9. The predicted molar refractivity (Wildman–Crippen MR) is 132 cm³/mol. The van der Waals surface area contributed by atoms with Crippen LogP contribution in [0.3, 0.4) is 0 Å². The van der Waals surface area contributed by atoms with Crippen LogP contribution in [0.2, 0.25) is 0 Å². The largest absolute Gasteiger partial charge is 0.465 e. The smallest absolute Gasteiger partial charge is 0.339 e. The van der Waals surface area contributed by atoms with Gasteiger partial charge in [-0.2, -0.15) is 9.40 Å². The molecule has 2 fully saturated rings. The van der Waals surface area contributed by atoms with Crippen LogP contribution in [0.15, 0.2) is 24.4 Å². The van der Waals surface area contributed by atoms with Gasteiger partial charge in [-0.3, -0.25) is 10.1 Å². The van der Waals surface area contributed by atoms with Crippen LogP contribution in [0, 0.1) is 6.92 Å². The number of carbonyl (C=O) groups is 1. The van der Waals surface area contributed by atoms with Gasteiger partial charge in [-0.25, -0.2) is 18.2 Å². The first-order valence-electron chi connectivity index (χ1n) is 11.7. The number of anilines is 3. The Bertz CT molecular complexity index is 1360. The Morgan fingerprint density at radius 3 is 2.57 bits per heavy atom. The first kappa shape index (κ1) is 23.5. The predicted octanol–water partition coefficient (Wildman–Crippen LogP) is 2.95. The number of methoxy groups -OCH3 is 1. The summed E-state index contributed by atoms with van der Waals surface area (Å²) in [5, 5.41) is 14.5. The van der Waals surface area contributed by atoms with Crippen LogP contribution >= 0.6 is 0 Å². The number of hydrogen-bond donors (Lipinski definition) is 3. The normalized spacial score (nSPS) is 22.3. The lowest BCUT2D eigenvalue weighted by Gasteiger charge is -2.38. The van der Waals surface area contributed by atoms with Crippen molar-refractivity contribution in [3.05, 3.63) is 35.7 Å². The van der Waals surface area contributed by atoms with Crippen molar-refractivity contribution in [1.29, 1.82) is 0 Å². The third-order valence-electron chi connectivity index (χ3n) is 6.76. The molecule has 3 aromatic heterocycles. The van der Waals surface area contributed by atoms with Crippen molar-refractivity contribution < 1.29 is 17.9 Å². The molecule has 0 aliphatic carbocycles. The number of pyridine rings is 2. The molecule has 12 heteroatoms. The number of rotatable bonds is 7. The molecule has 0 radical (unpaired) electrons. The molecule has 186 valence electrons. The molecular weight excluding hydrogens is 470 g/mol. The van der Waals surface area contributed by atoms with Gasteiger partial charge in [-0.15, -0.1) is 0 Å². The second-order valence-electron chi connectivity index (χ2n) is 9.13. The van der Waals surface area contributed by atoms with Crippen molar-refractivity contribution in [2.24, 2.45) is 0 Å². The second-order valence-corrected chi connectivity index (χ2v) is 11.3. The molecule has 11 nitrogen and oxygen atoms in total. The minimum Gasteiger partial charge on any atom is -0.465 e. The van der Waals surface area contributed by atoms with Crippen LogP contribution in [0.5, 0.6) is 0 Å². The SMILES string of the molecule is CCS(=O)(=O)N1[C@@H]2CC[C@H]1CC(Nc1nc(Nc3cc(C)[nH]n3)cc3ncc(C(=O)OC)cc13)C2. The summed E-state index contributed by atoms with van der Waals surface area (Å²) < 4.78 is 31.9. The second kappa shape index (κ2) is 9.08. The van der Waals surface area contributed by atoms with E-state index in [0.29, 0.717) is 46.8 Å². The van der Waals surface area contributed by atoms with Gasteiger partial charge in [0, 0.05) is 47.5 Å². The Morgan fingerprint density at radius 2 is 1.94 bits per heavy atom. The molecule has 5 heterocycles. The first-order chi connectivity index (χ1) is 16.8. The third-order valence-corrected chi connectivity index (χ3v) is 8.72. The van der Waals surface area contributed by atoms with Crippen LogP contribution < -0.4 is 10.6 Å². The highest BCUT2D eigenvalue weighted by molar-refractivity contribution is 7.89. The maximum absolute atomic E-state index is 12.6. The lowest BCUT2D eigenvalue weighted by atomic mass is 9.99. The zero-order chi connectivity index (χ0) is 24.7. The molecule has 5 rings (SSSR count). The summed E-state index contributed by atoms with van der Waals surface area (Å²) >= 11 is 0.